The fourth-order valence-electron chi connectivity index (χ4n) is 3.42. The molecule has 1 amide bonds. The second-order valence-electron chi connectivity index (χ2n) is 7.25. The van der Waals surface area contributed by atoms with Gasteiger partial charge in [0.25, 0.3) is 5.91 Å². The quantitative estimate of drug-likeness (QED) is 0.618. The normalized spacial score (nSPS) is 15.7. The predicted octanol–water partition coefficient (Wildman–Crippen LogP) is 4.38. The molecule has 3 aromatic rings. The number of ether oxygens (including phenoxy) is 1. The lowest BCUT2D eigenvalue weighted by Crippen LogP contribution is -2.49. The number of benzene rings is 3. The molecule has 3 aromatic carbocycles. The predicted molar refractivity (Wildman–Crippen MR) is 122 cm³/mol. The molecule has 0 fully saturated rings. The summed E-state index contributed by atoms with van der Waals surface area (Å²) < 4.78 is 33.6. The van der Waals surface area contributed by atoms with Crippen molar-refractivity contribution in [1.82, 2.24) is 0 Å². The van der Waals surface area contributed by atoms with Gasteiger partial charge in [0, 0.05) is 10.7 Å². The fraction of sp³-hybridized carbons (Fsp3) is 0.174. The molecule has 31 heavy (non-hydrogen) atoms. The standard InChI is InChI=1S/C23H21ClN2O4S/c1-16-18(24)10-7-11-19(16)25-23(27)22-14-26(20-12-5-6-13-21(20)30-22)31(28,29)15-17-8-3-2-4-9-17/h2-13,22H,14-15H2,1H3,(H,25,27). The second-order valence-corrected chi connectivity index (χ2v) is 9.55. The Hall–Kier alpha value is -3.03. The van der Waals surface area contributed by atoms with Crippen molar-refractivity contribution in [3.05, 3.63) is 88.9 Å². The minimum absolute atomic E-state index is 0.127. The van der Waals surface area contributed by atoms with Crippen molar-refractivity contribution in [2.45, 2.75) is 18.8 Å². The van der Waals surface area contributed by atoms with Gasteiger partial charge in [-0.3, -0.25) is 9.10 Å². The zero-order chi connectivity index (χ0) is 22.0. The van der Waals surface area contributed by atoms with Gasteiger partial charge in [0.15, 0.2) is 6.10 Å². The molecule has 0 saturated carbocycles. The number of hydrogen-bond donors (Lipinski definition) is 1. The molecule has 0 aromatic heterocycles. The lowest BCUT2D eigenvalue weighted by Gasteiger charge is -2.34. The molecule has 160 valence electrons. The van der Waals surface area contributed by atoms with E-state index in [0.29, 0.717) is 27.7 Å². The number of nitrogens with zero attached hydrogens (tertiary/aromatic N) is 1. The van der Waals surface area contributed by atoms with E-state index in [2.05, 4.69) is 5.32 Å². The summed E-state index contributed by atoms with van der Waals surface area (Å²) in [6.45, 7) is 1.67. The van der Waals surface area contributed by atoms with E-state index in [0.717, 1.165) is 5.56 Å². The van der Waals surface area contributed by atoms with Crippen molar-refractivity contribution in [1.29, 1.82) is 0 Å². The Balaban J connectivity index is 1.62. The van der Waals surface area contributed by atoms with Crippen molar-refractivity contribution >= 4 is 38.9 Å². The highest BCUT2D eigenvalue weighted by atomic mass is 35.5. The molecule has 0 saturated heterocycles. The average Bonchev–Trinajstić information content (AvgIpc) is 2.76. The van der Waals surface area contributed by atoms with Gasteiger partial charge in [-0.1, -0.05) is 60.1 Å². The maximum atomic E-state index is 13.3. The van der Waals surface area contributed by atoms with Crippen molar-refractivity contribution < 1.29 is 17.9 Å². The summed E-state index contributed by atoms with van der Waals surface area (Å²) in [5, 5.41) is 3.33. The maximum Gasteiger partial charge on any atom is 0.267 e. The van der Waals surface area contributed by atoms with Gasteiger partial charge in [-0.15, -0.1) is 0 Å². The zero-order valence-electron chi connectivity index (χ0n) is 16.8. The number of halogens is 1. The van der Waals surface area contributed by atoms with Crippen LogP contribution in [0, 0.1) is 6.92 Å². The van der Waals surface area contributed by atoms with Crippen LogP contribution in [-0.2, 0) is 20.6 Å². The summed E-state index contributed by atoms with van der Waals surface area (Å²) in [7, 11) is -3.75. The Morgan fingerprint density at radius 2 is 1.77 bits per heavy atom. The van der Waals surface area contributed by atoms with E-state index in [4.69, 9.17) is 16.3 Å². The Labute approximate surface area is 186 Å². The number of amides is 1. The number of para-hydroxylation sites is 2. The van der Waals surface area contributed by atoms with Gasteiger partial charge >= 0.3 is 0 Å². The van der Waals surface area contributed by atoms with Gasteiger partial charge < -0.3 is 10.1 Å². The van der Waals surface area contributed by atoms with Gasteiger partial charge in [0.1, 0.15) is 5.75 Å². The van der Waals surface area contributed by atoms with Gasteiger partial charge in [-0.25, -0.2) is 8.42 Å². The highest BCUT2D eigenvalue weighted by molar-refractivity contribution is 7.92. The maximum absolute atomic E-state index is 13.3. The van der Waals surface area contributed by atoms with Gasteiger partial charge in [-0.2, -0.15) is 0 Å². The molecule has 1 heterocycles. The molecule has 1 N–H and O–H groups in total. The first-order valence-corrected chi connectivity index (χ1v) is 11.7. The third-order valence-electron chi connectivity index (χ3n) is 5.08. The molecule has 0 bridgehead atoms. The van der Waals surface area contributed by atoms with Crippen LogP contribution < -0.4 is 14.4 Å². The summed E-state index contributed by atoms with van der Waals surface area (Å²) in [6.07, 6.45) is -1.01. The van der Waals surface area contributed by atoms with Gasteiger partial charge in [0.2, 0.25) is 10.0 Å². The number of carbonyl (C=O) groups is 1. The minimum atomic E-state index is -3.75. The SMILES string of the molecule is Cc1c(Cl)cccc1NC(=O)C1CN(S(=O)(=O)Cc2ccccc2)c2ccccc2O1. The molecule has 1 unspecified atom stereocenters. The van der Waals surface area contributed by atoms with Crippen LogP contribution in [-0.4, -0.2) is 27.0 Å². The lowest BCUT2D eigenvalue weighted by molar-refractivity contribution is -0.122. The fourth-order valence-corrected chi connectivity index (χ4v) is 5.18. The summed E-state index contributed by atoms with van der Waals surface area (Å²) in [5.41, 5.74) is 2.37. The van der Waals surface area contributed by atoms with Crippen LogP contribution in [0.15, 0.2) is 72.8 Å². The highest BCUT2D eigenvalue weighted by Gasteiger charge is 2.36. The smallest absolute Gasteiger partial charge is 0.267 e. The van der Waals surface area contributed by atoms with Crippen LogP contribution >= 0.6 is 11.6 Å². The van der Waals surface area contributed by atoms with Crippen molar-refractivity contribution in [3.8, 4) is 5.75 Å². The van der Waals surface area contributed by atoms with Crippen molar-refractivity contribution in [2.24, 2.45) is 0 Å². The van der Waals surface area contributed by atoms with Crippen LogP contribution in [0.25, 0.3) is 0 Å². The molecule has 6 nitrogen and oxygen atoms in total. The van der Waals surface area contributed by atoms with Crippen molar-refractivity contribution in [2.75, 3.05) is 16.2 Å². The third-order valence-corrected chi connectivity index (χ3v) is 7.21. The number of hydrogen-bond acceptors (Lipinski definition) is 4. The van der Waals surface area contributed by atoms with Crippen LogP contribution in [0.4, 0.5) is 11.4 Å². The number of sulfonamides is 1. The largest absolute Gasteiger partial charge is 0.476 e. The molecule has 0 radical (unpaired) electrons. The van der Waals surface area contributed by atoms with Gasteiger partial charge in [0.05, 0.1) is 18.0 Å². The number of carbonyl (C=O) groups excluding carboxylic acids is 1. The van der Waals surface area contributed by atoms with Crippen molar-refractivity contribution in [3.63, 3.8) is 0 Å². The zero-order valence-corrected chi connectivity index (χ0v) is 18.4. The van der Waals surface area contributed by atoms with Crippen LogP contribution in [0.5, 0.6) is 5.75 Å². The Bertz CT molecular complexity index is 1220. The molecule has 0 spiro atoms. The third kappa shape index (κ3) is 4.52. The average molecular weight is 457 g/mol. The van der Waals surface area contributed by atoms with E-state index in [-0.39, 0.29) is 12.3 Å². The number of rotatable bonds is 5. The second kappa shape index (κ2) is 8.61. The van der Waals surface area contributed by atoms with E-state index in [1.807, 2.05) is 6.07 Å². The molecular weight excluding hydrogens is 436 g/mol. The Morgan fingerprint density at radius 1 is 1.06 bits per heavy atom. The van der Waals surface area contributed by atoms with Gasteiger partial charge in [-0.05, 0) is 42.3 Å². The van der Waals surface area contributed by atoms with E-state index in [1.165, 1.54) is 4.31 Å². The molecule has 0 aliphatic carbocycles. The monoisotopic (exact) mass is 456 g/mol. The number of fused-ring (bicyclic) bond motifs is 1. The molecule has 1 aliphatic rings. The Kier molecular flexibility index (Phi) is 5.89. The molecule has 4 rings (SSSR count). The van der Waals surface area contributed by atoms with E-state index in [1.54, 1.807) is 73.7 Å². The topological polar surface area (TPSA) is 75.7 Å². The Morgan fingerprint density at radius 3 is 2.55 bits per heavy atom. The molecule has 8 heteroatoms. The molecule has 1 aliphatic heterocycles. The minimum Gasteiger partial charge on any atom is -0.476 e. The summed E-state index contributed by atoms with van der Waals surface area (Å²) in [6, 6.07) is 21.0. The van der Waals surface area contributed by atoms with E-state index >= 15 is 0 Å². The molecular formula is C23H21ClN2O4S. The highest BCUT2D eigenvalue weighted by Crippen LogP contribution is 2.36. The van der Waals surface area contributed by atoms with Crippen LogP contribution in [0.1, 0.15) is 11.1 Å². The molecule has 1 atom stereocenters. The lowest BCUT2D eigenvalue weighted by atomic mass is 10.1. The first-order chi connectivity index (χ1) is 14.8. The number of nitrogens with one attached hydrogen (secondary N) is 1. The van der Waals surface area contributed by atoms with E-state index < -0.39 is 22.0 Å². The van der Waals surface area contributed by atoms with E-state index in [9.17, 15) is 13.2 Å². The van der Waals surface area contributed by atoms with Crippen LogP contribution in [0.2, 0.25) is 5.02 Å². The number of anilines is 2. The first kappa shape index (κ1) is 21.2. The summed E-state index contributed by atoms with van der Waals surface area (Å²) in [5.74, 6) is -0.280. The summed E-state index contributed by atoms with van der Waals surface area (Å²) in [4.78, 5) is 13.0. The first-order valence-electron chi connectivity index (χ1n) is 9.71. The summed E-state index contributed by atoms with van der Waals surface area (Å²) >= 11 is 6.14. The van der Waals surface area contributed by atoms with Crippen LogP contribution in [0.3, 0.4) is 0 Å².